The van der Waals surface area contributed by atoms with Crippen molar-refractivity contribution in [2.24, 2.45) is 5.92 Å². The minimum atomic E-state index is -0.824. The zero-order valence-corrected chi connectivity index (χ0v) is 9.02. The van der Waals surface area contributed by atoms with Gasteiger partial charge in [-0.2, -0.15) is 0 Å². The summed E-state index contributed by atoms with van der Waals surface area (Å²) in [5.41, 5.74) is 0.699. The molecule has 0 radical (unpaired) electrons. The Bertz CT molecular complexity index is 301. The first-order valence-electron chi connectivity index (χ1n) is 5.02. The molecule has 1 rings (SSSR count). The maximum absolute atomic E-state index is 11.2. The van der Waals surface area contributed by atoms with E-state index in [2.05, 4.69) is 20.1 Å². The van der Waals surface area contributed by atoms with Crippen LogP contribution in [0.15, 0.2) is 37.0 Å². The quantitative estimate of drug-likeness (QED) is 0.697. The number of hydrogen-bond donors (Lipinski definition) is 1. The molecule has 0 aliphatic carbocycles. The van der Waals surface area contributed by atoms with Gasteiger partial charge in [0, 0.05) is 13.1 Å². The van der Waals surface area contributed by atoms with Crippen LogP contribution in [0.2, 0.25) is 0 Å². The summed E-state index contributed by atoms with van der Waals surface area (Å²) >= 11 is 0. The van der Waals surface area contributed by atoms with E-state index in [0.29, 0.717) is 11.5 Å². The van der Waals surface area contributed by atoms with Gasteiger partial charge in [-0.15, -0.1) is 0 Å². The van der Waals surface area contributed by atoms with Crippen molar-refractivity contribution in [1.29, 1.82) is 0 Å². The molecule has 0 amide bonds. The lowest BCUT2D eigenvalue weighted by atomic mass is 9.95. The van der Waals surface area contributed by atoms with Crippen molar-refractivity contribution in [2.75, 3.05) is 13.1 Å². The van der Waals surface area contributed by atoms with Crippen molar-refractivity contribution in [3.63, 3.8) is 0 Å². The van der Waals surface area contributed by atoms with Crippen LogP contribution in [-0.4, -0.2) is 35.1 Å². The molecule has 1 heterocycles. The first kappa shape index (κ1) is 11.7. The molecule has 3 nitrogen and oxygen atoms in total. The van der Waals surface area contributed by atoms with Gasteiger partial charge < -0.3 is 5.11 Å². The van der Waals surface area contributed by atoms with Gasteiger partial charge in [0.25, 0.3) is 0 Å². The third-order valence-corrected chi connectivity index (χ3v) is 2.55. The summed E-state index contributed by atoms with van der Waals surface area (Å²) in [6.45, 7) is 11.0. The Hall–Kier alpha value is -1.35. The molecule has 3 heteroatoms. The third-order valence-electron chi connectivity index (χ3n) is 2.55. The van der Waals surface area contributed by atoms with E-state index in [1.807, 2.05) is 4.90 Å². The van der Waals surface area contributed by atoms with Crippen LogP contribution in [0, 0.1) is 5.92 Å². The molecule has 0 spiro atoms. The van der Waals surface area contributed by atoms with E-state index in [4.69, 9.17) is 5.11 Å². The van der Waals surface area contributed by atoms with Crippen LogP contribution in [0.5, 0.6) is 0 Å². The number of carbonyl (C=O) groups is 1. The fourth-order valence-electron chi connectivity index (χ4n) is 1.87. The van der Waals surface area contributed by atoms with E-state index in [9.17, 15) is 4.79 Å². The van der Waals surface area contributed by atoms with Gasteiger partial charge >= 0.3 is 5.97 Å². The number of nitrogens with zero attached hydrogens (tertiary/aromatic N) is 1. The molecule has 1 N–H and O–H groups in total. The molecule has 1 aliphatic heterocycles. The van der Waals surface area contributed by atoms with Gasteiger partial charge in [-0.05, 0) is 11.5 Å². The van der Waals surface area contributed by atoms with Crippen LogP contribution in [0.3, 0.4) is 0 Å². The van der Waals surface area contributed by atoms with Gasteiger partial charge in [0.2, 0.25) is 0 Å². The monoisotopic (exact) mass is 207 g/mol. The minimum absolute atomic E-state index is 0.573. The molecule has 1 fully saturated rings. The highest BCUT2D eigenvalue weighted by Crippen LogP contribution is 2.22. The SMILES string of the molecule is C=C/C=C(\C=C)C(C(=O)O)N1CC(C)C1. The van der Waals surface area contributed by atoms with Crippen molar-refractivity contribution < 1.29 is 9.90 Å². The van der Waals surface area contributed by atoms with Crippen LogP contribution in [0.1, 0.15) is 6.92 Å². The molecule has 0 saturated carbocycles. The van der Waals surface area contributed by atoms with Crippen molar-refractivity contribution in [1.82, 2.24) is 4.90 Å². The Kier molecular flexibility index (Phi) is 3.86. The molecule has 1 aliphatic rings. The van der Waals surface area contributed by atoms with Crippen molar-refractivity contribution in [3.05, 3.63) is 37.0 Å². The van der Waals surface area contributed by atoms with E-state index in [0.717, 1.165) is 13.1 Å². The molecule has 0 aromatic rings. The van der Waals surface area contributed by atoms with Gasteiger partial charge in [-0.3, -0.25) is 9.69 Å². The van der Waals surface area contributed by atoms with Crippen molar-refractivity contribution in [2.45, 2.75) is 13.0 Å². The number of aliphatic carboxylic acids is 1. The van der Waals surface area contributed by atoms with Gasteiger partial charge in [-0.1, -0.05) is 38.3 Å². The Morgan fingerprint density at radius 2 is 2.13 bits per heavy atom. The molecule has 82 valence electrons. The van der Waals surface area contributed by atoms with E-state index in [-0.39, 0.29) is 0 Å². The molecular formula is C12H17NO2. The van der Waals surface area contributed by atoms with E-state index < -0.39 is 12.0 Å². The van der Waals surface area contributed by atoms with Crippen LogP contribution >= 0.6 is 0 Å². The fourth-order valence-corrected chi connectivity index (χ4v) is 1.87. The van der Waals surface area contributed by atoms with E-state index in [1.54, 1.807) is 18.2 Å². The molecule has 0 aromatic heterocycles. The summed E-state index contributed by atoms with van der Waals surface area (Å²) in [4.78, 5) is 13.1. The third kappa shape index (κ3) is 2.57. The Morgan fingerprint density at radius 3 is 2.47 bits per heavy atom. The summed E-state index contributed by atoms with van der Waals surface area (Å²) in [5.74, 6) is -0.239. The Balaban J connectivity index is 2.81. The lowest BCUT2D eigenvalue weighted by molar-refractivity contribution is -0.144. The first-order valence-corrected chi connectivity index (χ1v) is 5.02. The summed E-state index contributed by atoms with van der Waals surface area (Å²) in [6.07, 6.45) is 4.88. The van der Waals surface area contributed by atoms with Crippen LogP contribution in [-0.2, 0) is 4.79 Å². The molecule has 15 heavy (non-hydrogen) atoms. The van der Waals surface area contributed by atoms with Crippen molar-refractivity contribution in [3.8, 4) is 0 Å². The molecule has 0 bridgehead atoms. The van der Waals surface area contributed by atoms with Gasteiger partial charge in [0.1, 0.15) is 6.04 Å². The fraction of sp³-hybridized carbons (Fsp3) is 0.417. The van der Waals surface area contributed by atoms with E-state index >= 15 is 0 Å². The highest BCUT2D eigenvalue weighted by atomic mass is 16.4. The molecule has 1 unspecified atom stereocenters. The van der Waals surface area contributed by atoms with Crippen LogP contribution in [0.25, 0.3) is 0 Å². The largest absolute Gasteiger partial charge is 0.480 e. The number of allylic oxidation sites excluding steroid dienone is 2. The number of likely N-dealkylation sites (tertiary alicyclic amines) is 1. The summed E-state index contributed by atoms with van der Waals surface area (Å²) < 4.78 is 0. The Morgan fingerprint density at radius 1 is 1.53 bits per heavy atom. The lowest BCUT2D eigenvalue weighted by Gasteiger charge is -2.41. The molecule has 1 saturated heterocycles. The predicted molar refractivity (Wildman–Crippen MR) is 60.6 cm³/mol. The summed E-state index contributed by atoms with van der Waals surface area (Å²) in [7, 11) is 0. The normalized spacial score (nSPS) is 20.5. The number of carboxylic acids is 1. The standard InChI is InChI=1S/C12H17NO2/c1-4-6-10(5-2)11(12(14)15)13-7-9(3)8-13/h4-6,9,11H,1-2,7-8H2,3H3,(H,14,15)/b10-6+. The maximum Gasteiger partial charge on any atom is 0.325 e. The van der Waals surface area contributed by atoms with Crippen LogP contribution in [0.4, 0.5) is 0 Å². The van der Waals surface area contributed by atoms with E-state index in [1.165, 1.54) is 0 Å². The predicted octanol–water partition coefficient (Wildman–Crippen LogP) is 1.69. The molecule has 1 atom stereocenters. The Labute approximate surface area is 90.4 Å². The molecule has 0 aromatic carbocycles. The van der Waals surface area contributed by atoms with Crippen molar-refractivity contribution >= 4 is 5.97 Å². The first-order chi connectivity index (χ1) is 7.10. The maximum atomic E-state index is 11.2. The highest BCUT2D eigenvalue weighted by molar-refractivity contribution is 5.78. The van der Waals surface area contributed by atoms with Crippen LogP contribution < -0.4 is 0 Å². The zero-order chi connectivity index (χ0) is 11.4. The average Bonchev–Trinajstić information content (AvgIpc) is 2.13. The lowest BCUT2D eigenvalue weighted by Crippen LogP contribution is -2.54. The smallest absolute Gasteiger partial charge is 0.325 e. The van der Waals surface area contributed by atoms with Gasteiger partial charge in [-0.25, -0.2) is 0 Å². The molecular weight excluding hydrogens is 190 g/mol. The second-order valence-electron chi connectivity index (χ2n) is 3.91. The summed E-state index contributed by atoms with van der Waals surface area (Å²) in [5, 5.41) is 9.16. The van der Waals surface area contributed by atoms with Gasteiger partial charge in [0.05, 0.1) is 0 Å². The second-order valence-corrected chi connectivity index (χ2v) is 3.91. The number of rotatable bonds is 5. The number of carboxylic acid groups (broad SMARTS) is 1. The second kappa shape index (κ2) is 4.94. The highest BCUT2D eigenvalue weighted by Gasteiger charge is 2.35. The zero-order valence-electron chi connectivity index (χ0n) is 9.02. The number of hydrogen-bond acceptors (Lipinski definition) is 2. The summed E-state index contributed by atoms with van der Waals surface area (Å²) in [6, 6.07) is -0.573. The van der Waals surface area contributed by atoms with Gasteiger partial charge in [0.15, 0.2) is 0 Å². The topological polar surface area (TPSA) is 40.5 Å². The average molecular weight is 207 g/mol. The minimum Gasteiger partial charge on any atom is -0.480 e.